The number of hydrogen-bond donors (Lipinski definition) is 3. The Kier molecular flexibility index (Phi) is 5.61. The molecule has 0 radical (unpaired) electrons. The Balaban J connectivity index is 1.44. The first-order chi connectivity index (χ1) is 13.9. The lowest BCUT2D eigenvalue weighted by molar-refractivity contribution is -0.108. The average Bonchev–Trinajstić information content (AvgIpc) is 2.68. The highest BCUT2D eigenvalue weighted by molar-refractivity contribution is 8.13. The van der Waals surface area contributed by atoms with E-state index in [-0.39, 0.29) is 24.8 Å². The molecule has 2 aliphatic rings. The number of β-amino-alcohol motifs (C(OH)–C–C–N with tert-alkyl or cyclic N) is 1. The second-order valence-corrected chi connectivity index (χ2v) is 8.57. The van der Waals surface area contributed by atoms with Gasteiger partial charge in [-0.2, -0.15) is 0 Å². The van der Waals surface area contributed by atoms with Gasteiger partial charge in [0.1, 0.15) is 29.9 Å². The number of ether oxygens (including phenoxy) is 1. The molecule has 2 aromatic rings. The number of amides is 1. The van der Waals surface area contributed by atoms with Crippen LogP contribution >= 0.6 is 23.4 Å². The Labute approximate surface area is 176 Å². The quantitative estimate of drug-likeness (QED) is 0.676. The number of nitrogens with zero attached hydrogens (tertiary/aromatic N) is 1. The molecule has 9 heteroatoms. The molecule has 2 heterocycles. The molecule has 0 spiro atoms. The van der Waals surface area contributed by atoms with Crippen LogP contribution in [0.2, 0.25) is 5.02 Å². The van der Waals surface area contributed by atoms with E-state index < -0.39 is 17.5 Å². The summed E-state index contributed by atoms with van der Waals surface area (Å²) in [4.78, 5) is 13.2. The summed E-state index contributed by atoms with van der Waals surface area (Å²) in [5.74, 6) is 0.561. The van der Waals surface area contributed by atoms with Gasteiger partial charge in [0.15, 0.2) is 0 Å². The summed E-state index contributed by atoms with van der Waals surface area (Å²) >= 11 is 6.94. The average molecular weight is 439 g/mol. The van der Waals surface area contributed by atoms with Crippen LogP contribution in [-0.2, 0) is 5.75 Å². The number of piperidine rings is 1. The number of aliphatic hydroxyl groups excluding tert-OH is 1. The highest BCUT2D eigenvalue weighted by Crippen LogP contribution is 2.36. The van der Waals surface area contributed by atoms with Crippen LogP contribution in [0.4, 0.5) is 20.6 Å². The van der Waals surface area contributed by atoms with Crippen molar-refractivity contribution >= 4 is 40.0 Å². The van der Waals surface area contributed by atoms with Crippen LogP contribution in [0.1, 0.15) is 12.0 Å². The molecule has 2 atom stereocenters. The fraction of sp³-hybridized carbons (Fsp3) is 0.350. The summed E-state index contributed by atoms with van der Waals surface area (Å²) in [5, 5.41) is 24.5. The third kappa shape index (κ3) is 4.16. The van der Waals surface area contributed by atoms with E-state index in [0.29, 0.717) is 34.4 Å². The van der Waals surface area contributed by atoms with Crippen LogP contribution in [-0.4, -0.2) is 46.9 Å². The van der Waals surface area contributed by atoms with Gasteiger partial charge in [-0.25, -0.2) is 4.39 Å². The third-order valence-corrected chi connectivity index (χ3v) is 6.31. The van der Waals surface area contributed by atoms with Gasteiger partial charge in [-0.1, -0.05) is 29.4 Å². The van der Waals surface area contributed by atoms with Crippen LogP contribution in [0.3, 0.4) is 0 Å². The summed E-state index contributed by atoms with van der Waals surface area (Å²) in [5.41, 5.74) is 0.400. The second kappa shape index (κ2) is 8.02. The maximum absolute atomic E-state index is 14.2. The number of anilines is 2. The SMILES string of the molecule is O=C1Nc2cccc(OC[C@]3(O)CCN(c4ccc(Cl)cc4F)C[C@H]3O)c2CS1. The normalized spacial score (nSPS) is 24.1. The van der Waals surface area contributed by atoms with E-state index in [2.05, 4.69) is 5.32 Å². The first-order valence-electron chi connectivity index (χ1n) is 9.15. The lowest BCUT2D eigenvalue weighted by Gasteiger charge is -2.42. The fourth-order valence-electron chi connectivity index (χ4n) is 3.54. The smallest absolute Gasteiger partial charge is 0.283 e. The monoisotopic (exact) mass is 438 g/mol. The molecule has 1 amide bonds. The van der Waals surface area contributed by atoms with E-state index in [1.165, 1.54) is 6.07 Å². The van der Waals surface area contributed by atoms with Crippen molar-refractivity contribution in [2.24, 2.45) is 0 Å². The van der Waals surface area contributed by atoms with Crippen LogP contribution in [0, 0.1) is 5.82 Å². The molecule has 29 heavy (non-hydrogen) atoms. The van der Waals surface area contributed by atoms with Gasteiger partial charge in [0.05, 0.1) is 5.69 Å². The predicted molar refractivity (Wildman–Crippen MR) is 111 cm³/mol. The maximum atomic E-state index is 14.2. The molecule has 1 saturated heterocycles. The van der Waals surface area contributed by atoms with Gasteiger partial charge in [0.2, 0.25) is 0 Å². The Morgan fingerprint density at radius 3 is 2.97 bits per heavy atom. The molecule has 1 fully saturated rings. The van der Waals surface area contributed by atoms with Gasteiger partial charge in [0, 0.05) is 35.1 Å². The molecule has 154 valence electrons. The zero-order chi connectivity index (χ0) is 20.6. The van der Waals surface area contributed by atoms with Crippen molar-refractivity contribution in [3.8, 4) is 5.75 Å². The standard InChI is InChI=1S/C20H20ClFN2O4S/c21-12-4-5-16(14(22)8-12)24-7-6-20(27,18(25)9-24)11-28-17-3-1-2-15-13(17)10-29-19(26)23-15/h1-5,8,18,25,27H,6-7,9-11H2,(H,23,26)/t18-,20-/m1/s1. The van der Waals surface area contributed by atoms with Crippen LogP contribution in [0.5, 0.6) is 5.75 Å². The number of benzene rings is 2. The Bertz CT molecular complexity index is 947. The molecule has 6 nitrogen and oxygen atoms in total. The molecule has 0 saturated carbocycles. The highest BCUT2D eigenvalue weighted by atomic mass is 35.5. The molecule has 0 unspecified atom stereocenters. The lowest BCUT2D eigenvalue weighted by Crippen LogP contribution is -2.58. The first kappa shape index (κ1) is 20.3. The number of carbonyl (C=O) groups excluding carboxylic acids is 1. The van der Waals surface area contributed by atoms with Crippen molar-refractivity contribution in [1.29, 1.82) is 0 Å². The van der Waals surface area contributed by atoms with E-state index in [0.717, 1.165) is 17.3 Å². The summed E-state index contributed by atoms with van der Waals surface area (Å²) in [6.07, 6.45) is -0.920. The molecular weight excluding hydrogens is 419 g/mol. The minimum Gasteiger partial charge on any atom is -0.490 e. The molecule has 0 aliphatic carbocycles. The van der Waals surface area contributed by atoms with Crippen LogP contribution in [0.25, 0.3) is 0 Å². The highest BCUT2D eigenvalue weighted by Gasteiger charge is 2.42. The zero-order valence-corrected chi connectivity index (χ0v) is 17.0. The van der Waals surface area contributed by atoms with Crippen LogP contribution < -0.4 is 15.0 Å². The Morgan fingerprint density at radius 1 is 1.38 bits per heavy atom. The molecule has 2 aromatic carbocycles. The molecule has 4 rings (SSSR count). The minimum atomic E-state index is -1.47. The molecule has 2 aliphatic heterocycles. The number of thioether (sulfide) groups is 1. The maximum Gasteiger partial charge on any atom is 0.283 e. The third-order valence-electron chi connectivity index (χ3n) is 5.27. The Hall–Kier alpha value is -2.00. The van der Waals surface area contributed by atoms with Gasteiger partial charge < -0.3 is 25.2 Å². The van der Waals surface area contributed by atoms with E-state index in [1.54, 1.807) is 35.2 Å². The van der Waals surface area contributed by atoms with E-state index in [4.69, 9.17) is 16.3 Å². The largest absolute Gasteiger partial charge is 0.490 e. The topological polar surface area (TPSA) is 82.0 Å². The van der Waals surface area contributed by atoms with Gasteiger partial charge in [-0.15, -0.1) is 0 Å². The summed E-state index contributed by atoms with van der Waals surface area (Å²) in [6, 6.07) is 9.70. The van der Waals surface area contributed by atoms with Crippen LogP contribution in [0.15, 0.2) is 36.4 Å². The van der Waals surface area contributed by atoms with Crippen molar-refractivity contribution in [3.05, 3.63) is 52.8 Å². The van der Waals surface area contributed by atoms with Gasteiger partial charge in [-0.3, -0.25) is 4.79 Å². The zero-order valence-electron chi connectivity index (χ0n) is 15.4. The summed E-state index contributed by atoms with van der Waals surface area (Å²) < 4.78 is 20.0. The van der Waals surface area contributed by atoms with E-state index in [9.17, 15) is 19.4 Å². The second-order valence-electron chi connectivity index (χ2n) is 7.18. The Morgan fingerprint density at radius 2 is 2.21 bits per heavy atom. The number of hydrogen-bond acceptors (Lipinski definition) is 6. The summed E-state index contributed by atoms with van der Waals surface area (Å²) in [7, 11) is 0. The van der Waals surface area contributed by atoms with Crippen molar-refractivity contribution in [2.45, 2.75) is 23.9 Å². The number of carbonyl (C=O) groups is 1. The molecule has 0 aromatic heterocycles. The first-order valence-corrected chi connectivity index (χ1v) is 10.5. The van der Waals surface area contributed by atoms with Crippen molar-refractivity contribution in [3.63, 3.8) is 0 Å². The van der Waals surface area contributed by atoms with Gasteiger partial charge in [-0.05, 0) is 36.8 Å². The van der Waals surface area contributed by atoms with Gasteiger partial charge in [0.25, 0.3) is 5.24 Å². The van der Waals surface area contributed by atoms with E-state index >= 15 is 0 Å². The summed E-state index contributed by atoms with van der Waals surface area (Å²) in [6.45, 7) is 0.311. The lowest BCUT2D eigenvalue weighted by atomic mass is 9.89. The molecule has 0 bridgehead atoms. The van der Waals surface area contributed by atoms with Crippen molar-refractivity contribution in [1.82, 2.24) is 0 Å². The van der Waals surface area contributed by atoms with Gasteiger partial charge >= 0.3 is 0 Å². The molecular formula is C20H20ClFN2O4S. The van der Waals surface area contributed by atoms with E-state index in [1.807, 2.05) is 0 Å². The number of fused-ring (bicyclic) bond motifs is 1. The molecule has 3 N–H and O–H groups in total. The number of nitrogens with one attached hydrogen (secondary N) is 1. The minimum absolute atomic E-state index is 0.0667. The number of aliphatic hydroxyl groups is 2. The predicted octanol–water partition coefficient (Wildman–Crippen LogP) is 3.64. The number of halogens is 2. The number of rotatable bonds is 4. The van der Waals surface area contributed by atoms with Crippen molar-refractivity contribution in [2.75, 3.05) is 29.9 Å². The van der Waals surface area contributed by atoms with Crippen molar-refractivity contribution < 1.29 is 24.1 Å². The fourth-order valence-corrected chi connectivity index (χ4v) is 4.46.